The molecule has 4 aromatic rings. The average Bonchev–Trinajstić information content (AvgIpc) is 3.47. The summed E-state index contributed by atoms with van der Waals surface area (Å²) in [5.41, 5.74) is 7.34. The third-order valence-corrected chi connectivity index (χ3v) is 5.48. The van der Waals surface area contributed by atoms with Crippen LogP contribution in [-0.4, -0.2) is 48.6 Å². The Bertz CT molecular complexity index is 1160. The number of nitrogens with two attached hydrogens (primary N) is 1. The Morgan fingerprint density at radius 2 is 2.20 bits per heavy atom. The molecule has 0 saturated carbocycles. The molecule has 0 amide bonds. The standard InChI is InChI=1S/C20H21ClN8O/c21-16-9-13(5-6-23-16)12-28-7-1-3-14(28)11-24-18-10-17(22)29-20(25-18)26-19(27-29)15-4-2-8-30-15/h2,4-6,8-10,14H,1,3,7,11-12,22H2,(H,24,25,26,27)/t14-/m1/s1. The molecule has 1 saturated heterocycles. The number of rotatable bonds is 6. The third kappa shape index (κ3) is 3.81. The Balaban J connectivity index is 1.29. The lowest BCUT2D eigenvalue weighted by Gasteiger charge is -2.25. The van der Waals surface area contributed by atoms with E-state index < -0.39 is 0 Å². The molecule has 10 heteroatoms. The van der Waals surface area contributed by atoms with Gasteiger partial charge in [-0.3, -0.25) is 4.90 Å². The van der Waals surface area contributed by atoms with E-state index in [1.165, 1.54) is 10.1 Å². The van der Waals surface area contributed by atoms with E-state index >= 15 is 0 Å². The number of pyridine rings is 1. The second kappa shape index (κ2) is 7.92. The van der Waals surface area contributed by atoms with Crippen LogP contribution in [0.2, 0.25) is 5.15 Å². The summed E-state index contributed by atoms with van der Waals surface area (Å²) in [6, 6.07) is 9.69. The molecule has 154 valence electrons. The van der Waals surface area contributed by atoms with E-state index in [2.05, 4.69) is 30.3 Å². The summed E-state index contributed by atoms with van der Waals surface area (Å²) >= 11 is 6.02. The van der Waals surface area contributed by atoms with Crippen molar-refractivity contribution in [3.63, 3.8) is 0 Å². The van der Waals surface area contributed by atoms with Gasteiger partial charge in [0.2, 0.25) is 5.82 Å². The van der Waals surface area contributed by atoms with Gasteiger partial charge in [0, 0.05) is 31.4 Å². The van der Waals surface area contributed by atoms with Crippen molar-refractivity contribution in [3.05, 3.63) is 53.5 Å². The highest BCUT2D eigenvalue weighted by Crippen LogP contribution is 2.23. The second-order valence-electron chi connectivity index (χ2n) is 7.33. The van der Waals surface area contributed by atoms with Gasteiger partial charge >= 0.3 is 0 Å². The number of aromatic nitrogens is 5. The summed E-state index contributed by atoms with van der Waals surface area (Å²) in [6.07, 6.45) is 5.62. The van der Waals surface area contributed by atoms with Crippen LogP contribution in [0.25, 0.3) is 17.4 Å². The van der Waals surface area contributed by atoms with Crippen molar-refractivity contribution < 1.29 is 4.42 Å². The highest BCUT2D eigenvalue weighted by atomic mass is 35.5. The van der Waals surface area contributed by atoms with Crippen molar-refractivity contribution in [2.24, 2.45) is 0 Å². The van der Waals surface area contributed by atoms with Crippen molar-refractivity contribution in [1.29, 1.82) is 0 Å². The fourth-order valence-electron chi connectivity index (χ4n) is 3.82. The number of halogens is 1. The predicted octanol–water partition coefficient (Wildman–Crippen LogP) is 3.09. The molecule has 0 bridgehead atoms. The van der Waals surface area contributed by atoms with Gasteiger partial charge < -0.3 is 15.5 Å². The Hall–Kier alpha value is -3.17. The van der Waals surface area contributed by atoms with Gasteiger partial charge in [0.15, 0.2) is 5.76 Å². The van der Waals surface area contributed by atoms with E-state index in [9.17, 15) is 0 Å². The predicted molar refractivity (Wildman–Crippen MR) is 114 cm³/mol. The molecule has 3 N–H and O–H groups in total. The Morgan fingerprint density at radius 3 is 3.03 bits per heavy atom. The molecule has 0 radical (unpaired) electrons. The molecular weight excluding hydrogens is 404 g/mol. The fourth-order valence-corrected chi connectivity index (χ4v) is 4.02. The molecule has 9 nitrogen and oxygen atoms in total. The molecule has 1 atom stereocenters. The number of fused-ring (bicyclic) bond motifs is 1. The summed E-state index contributed by atoms with van der Waals surface area (Å²) in [5.74, 6) is 2.60. The number of nitrogen functional groups attached to an aromatic ring is 1. The number of hydrogen-bond acceptors (Lipinski definition) is 8. The highest BCUT2D eigenvalue weighted by Gasteiger charge is 2.24. The first kappa shape index (κ1) is 18.8. The Kier molecular flexibility index (Phi) is 4.97. The lowest BCUT2D eigenvalue weighted by molar-refractivity contribution is 0.254. The highest BCUT2D eigenvalue weighted by molar-refractivity contribution is 6.29. The minimum absolute atomic E-state index is 0.396. The Labute approximate surface area is 177 Å². The number of nitrogens with one attached hydrogen (secondary N) is 1. The molecule has 5 rings (SSSR count). The molecular formula is C20H21ClN8O. The van der Waals surface area contributed by atoms with Gasteiger partial charge in [0.25, 0.3) is 5.78 Å². The molecule has 5 heterocycles. The van der Waals surface area contributed by atoms with Gasteiger partial charge in [0.05, 0.1) is 6.26 Å². The van der Waals surface area contributed by atoms with Crippen LogP contribution in [0.4, 0.5) is 11.6 Å². The third-order valence-electron chi connectivity index (χ3n) is 5.28. The van der Waals surface area contributed by atoms with Crippen molar-refractivity contribution >= 4 is 29.0 Å². The summed E-state index contributed by atoms with van der Waals surface area (Å²) in [7, 11) is 0. The van der Waals surface area contributed by atoms with E-state index in [0.29, 0.717) is 40.2 Å². The van der Waals surface area contributed by atoms with E-state index in [4.69, 9.17) is 21.8 Å². The van der Waals surface area contributed by atoms with E-state index in [1.807, 2.05) is 12.1 Å². The first-order chi connectivity index (χ1) is 14.7. The zero-order valence-electron chi connectivity index (χ0n) is 16.2. The minimum Gasteiger partial charge on any atom is -0.461 e. The van der Waals surface area contributed by atoms with Crippen LogP contribution in [0.1, 0.15) is 18.4 Å². The van der Waals surface area contributed by atoms with Gasteiger partial charge in [-0.2, -0.15) is 14.5 Å². The molecule has 0 aliphatic carbocycles. The average molecular weight is 425 g/mol. The maximum atomic E-state index is 6.17. The lowest BCUT2D eigenvalue weighted by atomic mass is 10.2. The van der Waals surface area contributed by atoms with Crippen LogP contribution in [0.3, 0.4) is 0 Å². The minimum atomic E-state index is 0.396. The molecule has 1 aliphatic heterocycles. The maximum Gasteiger partial charge on any atom is 0.256 e. The van der Waals surface area contributed by atoms with Gasteiger partial charge in [-0.25, -0.2) is 4.98 Å². The molecule has 0 aromatic carbocycles. The van der Waals surface area contributed by atoms with Crippen molar-refractivity contribution in [3.8, 4) is 11.6 Å². The number of likely N-dealkylation sites (tertiary alicyclic amines) is 1. The summed E-state index contributed by atoms with van der Waals surface area (Å²) in [5, 5.41) is 8.31. The van der Waals surface area contributed by atoms with Gasteiger partial charge in [0.1, 0.15) is 16.8 Å². The topological polar surface area (TPSA) is 110 Å². The first-order valence-electron chi connectivity index (χ1n) is 9.81. The lowest BCUT2D eigenvalue weighted by Crippen LogP contribution is -2.34. The summed E-state index contributed by atoms with van der Waals surface area (Å²) in [6.45, 7) is 2.66. The monoisotopic (exact) mass is 424 g/mol. The molecule has 1 aliphatic rings. The smallest absolute Gasteiger partial charge is 0.256 e. The van der Waals surface area contributed by atoms with Crippen LogP contribution >= 0.6 is 11.6 Å². The van der Waals surface area contributed by atoms with Gasteiger partial charge in [-0.1, -0.05) is 11.6 Å². The quantitative estimate of drug-likeness (QED) is 0.454. The van der Waals surface area contributed by atoms with Crippen molar-refractivity contribution in [1.82, 2.24) is 29.5 Å². The number of nitrogens with zero attached hydrogens (tertiary/aromatic N) is 6. The maximum absolute atomic E-state index is 6.17. The van der Waals surface area contributed by atoms with E-state index in [-0.39, 0.29) is 0 Å². The molecule has 1 fully saturated rings. The second-order valence-corrected chi connectivity index (χ2v) is 7.71. The SMILES string of the molecule is Nc1cc(NC[C@H]2CCCN2Cc2ccnc(Cl)c2)nc2nc(-c3ccco3)nn12. The van der Waals surface area contributed by atoms with Crippen molar-refractivity contribution in [2.75, 3.05) is 24.1 Å². The van der Waals surface area contributed by atoms with E-state index in [0.717, 1.165) is 32.5 Å². The summed E-state index contributed by atoms with van der Waals surface area (Å²) < 4.78 is 6.87. The fraction of sp³-hybridized carbons (Fsp3) is 0.300. The van der Waals surface area contributed by atoms with Crippen LogP contribution < -0.4 is 11.1 Å². The number of hydrogen-bond donors (Lipinski definition) is 2. The zero-order chi connectivity index (χ0) is 20.5. The molecule has 0 spiro atoms. The van der Waals surface area contributed by atoms with Crippen LogP contribution in [0.5, 0.6) is 0 Å². The molecule has 30 heavy (non-hydrogen) atoms. The number of anilines is 2. The van der Waals surface area contributed by atoms with Crippen LogP contribution in [0.15, 0.2) is 47.2 Å². The summed E-state index contributed by atoms with van der Waals surface area (Å²) in [4.78, 5) is 15.5. The van der Waals surface area contributed by atoms with Crippen molar-refractivity contribution in [2.45, 2.75) is 25.4 Å². The molecule has 0 unspecified atom stereocenters. The first-order valence-corrected chi connectivity index (χ1v) is 10.2. The van der Waals surface area contributed by atoms with Crippen LogP contribution in [-0.2, 0) is 6.54 Å². The largest absolute Gasteiger partial charge is 0.461 e. The normalized spacial score (nSPS) is 17.0. The van der Waals surface area contributed by atoms with Crippen LogP contribution in [0, 0.1) is 0 Å². The molecule has 4 aromatic heterocycles. The zero-order valence-corrected chi connectivity index (χ0v) is 17.0. The van der Waals surface area contributed by atoms with Gasteiger partial charge in [-0.15, -0.1) is 5.10 Å². The Morgan fingerprint density at radius 1 is 1.27 bits per heavy atom. The van der Waals surface area contributed by atoms with E-state index in [1.54, 1.807) is 30.7 Å². The van der Waals surface area contributed by atoms with Gasteiger partial charge in [-0.05, 0) is 49.2 Å². The number of furan rings is 1.